The van der Waals surface area contributed by atoms with Crippen LogP contribution < -0.4 is 5.32 Å². The maximum atomic E-state index is 11.4. The summed E-state index contributed by atoms with van der Waals surface area (Å²) in [6.45, 7) is 7.79. The van der Waals surface area contributed by atoms with Crippen molar-refractivity contribution < 1.29 is 14.3 Å². The molecule has 0 saturated heterocycles. The number of ether oxygens (including phenoxy) is 1. The zero-order chi connectivity index (χ0) is 15.2. The van der Waals surface area contributed by atoms with Gasteiger partial charge in [-0.05, 0) is 44.9 Å². The van der Waals surface area contributed by atoms with Crippen LogP contribution in [-0.4, -0.2) is 24.5 Å². The van der Waals surface area contributed by atoms with Crippen LogP contribution in [0.4, 0.5) is 4.79 Å². The van der Waals surface area contributed by atoms with Gasteiger partial charge in [0.1, 0.15) is 11.9 Å². The van der Waals surface area contributed by atoms with Gasteiger partial charge in [0.25, 0.3) is 0 Å². The van der Waals surface area contributed by atoms with E-state index in [0.29, 0.717) is 12.1 Å². The fraction of sp³-hybridized carbons (Fsp3) is 0.375. The van der Waals surface area contributed by atoms with Crippen LogP contribution in [0.25, 0.3) is 6.08 Å². The normalized spacial score (nSPS) is 11.4. The number of carbonyl (C=O) groups excluding carboxylic acids is 2. The molecular formula is C16H21NO3. The highest BCUT2D eigenvalue weighted by Gasteiger charge is 2.14. The first-order valence-corrected chi connectivity index (χ1v) is 6.51. The zero-order valence-corrected chi connectivity index (χ0v) is 12.4. The maximum Gasteiger partial charge on any atom is 0.407 e. The Morgan fingerprint density at radius 2 is 2.05 bits per heavy atom. The van der Waals surface area contributed by atoms with Gasteiger partial charge in [-0.3, -0.25) is 4.79 Å². The number of aryl methyl sites for hydroxylation is 1. The highest BCUT2D eigenvalue weighted by molar-refractivity contribution is 5.76. The van der Waals surface area contributed by atoms with Crippen molar-refractivity contribution in [3.63, 3.8) is 0 Å². The van der Waals surface area contributed by atoms with E-state index in [9.17, 15) is 9.59 Å². The molecule has 108 valence electrons. The number of hydrogen-bond acceptors (Lipinski definition) is 3. The van der Waals surface area contributed by atoms with Gasteiger partial charge in [-0.15, -0.1) is 0 Å². The summed E-state index contributed by atoms with van der Waals surface area (Å²) in [5.41, 5.74) is 2.20. The van der Waals surface area contributed by atoms with E-state index >= 15 is 0 Å². The fourth-order valence-corrected chi connectivity index (χ4v) is 1.60. The monoisotopic (exact) mass is 275 g/mol. The molecule has 0 aliphatic heterocycles. The first-order chi connectivity index (χ1) is 9.31. The van der Waals surface area contributed by atoms with Gasteiger partial charge >= 0.3 is 6.09 Å². The van der Waals surface area contributed by atoms with E-state index in [2.05, 4.69) is 5.32 Å². The Labute approximate surface area is 119 Å². The molecule has 0 saturated carbocycles. The number of rotatable bonds is 4. The van der Waals surface area contributed by atoms with Crippen molar-refractivity contribution in [1.29, 1.82) is 0 Å². The van der Waals surface area contributed by atoms with E-state index in [1.54, 1.807) is 6.07 Å². The van der Waals surface area contributed by atoms with E-state index in [-0.39, 0.29) is 0 Å². The van der Waals surface area contributed by atoms with Gasteiger partial charge in [0.15, 0.2) is 0 Å². The Kier molecular flexibility index (Phi) is 5.50. The molecule has 1 aromatic carbocycles. The number of nitrogens with one attached hydrogen (secondary N) is 1. The van der Waals surface area contributed by atoms with Crippen molar-refractivity contribution in [2.45, 2.75) is 33.3 Å². The summed E-state index contributed by atoms with van der Waals surface area (Å²) in [6.07, 6.45) is 4.13. The number of amides is 1. The highest BCUT2D eigenvalue weighted by atomic mass is 16.6. The quantitative estimate of drug-likeness (QED) is 0.857. The van der Waals surface area contributed by atoms with Gasteiger partial charge in [-0.2, -0.15) is 0 Å². The third kappa shape index (κ3) is 5.69. The fourth-order valence-electron chi connectivity index (χ4n) is 1.60. The van der Waals surface area contributed by atoms with Gasteiger partial charge in [0.2, 0.25) is 0 Å². The smallest absolute Gasteiger partial charge is 0.407 e. The number of hydrogen-bond donors (Lipinski definition) is 1. The first-order valence-electron chi connectivity index (χ1n) is 6.51. The van der Waals surface area contributed by atoms with Crippen molar-refractivity contribution in [2.75, 3.05) is 6.54 Å². The third-order valence-corrected chi connectivity index (χ3v) is 2.49. The average molecular weight is 275 g/mol. The summed E-state index contributed by atoms with van der Waals surface area (Å²) in [7, 11) is 0. The Morgan fingerprint density at radius 1 is 1.35 bits per heavy atom. The molecule has 1 N–H and O–H groups in total. The van der Waals surface area contributed by atoms with Gasteiger partial charge < -0.3 is 10.1 Å². The summed E-state index contributed by atoms with van der Waals surface area (Å²) < 4.78 is 5.12. The average Bonchev–Trinajstić information content (AvgIpc) is 2.33. The Hall–Kier alpha value is -2.10. The molecule has 1 aromatic rings. The molecule has 0 atom stereocenters. The second-order valence-corrected chi connectivity index (χ2v) is 5.52. The molecule has 4 nitrogen and oxygen atoms in total. The predicted molar refractivity (Wildman–Crippen MR) is 79.8 cm³/mol. The largest absolute Gasteiger partial charge is 0.444 e. The van der Waals surface area contributed by atoms with E-state index < -0.39 is 11.7 Å². The molecule has 1 amide bonds. The summed E-state index contributed by atoms with van der Waals surface area (Å²) in [4.78, 5) is 22.1. The van der Waals surface area contributed by atoms with Crippen LogP contribution in [0, 0.1) is 6.92 Å². The van der Waals surface area contributed by atoms with Gasteiger partial charge in [-0.1, -0.05) is 24.3 Å². The van der Waals surface area contributed by atoms with Crippen molar-refractivity contribution in [1.82, 2.24) is 5.32 Å². The molecule has 0 fully saturated rings. The van der Waals surface area contributed by atoms with Gasteiger partial charge in [0.05, 0.1) is 0 Å². The van der Waals surface area contributed by atoms with Crippen LogP contribution in [0.3, 0.4) is 0 Å². The van der Waals surface area contributed by atoms with Gasteiger partial charge in [-0.25, -0.2) is 4.79 Å². The predicted octanol–water partition coefficient (Wildman–Crippen LogP) is 3.35. The van der Waals surface area contributed by atoms with Crippen molar-refractivity contribution >= 4 is 18.5 Å². The Morgan fingerprint density at radius 3 is 2.60 bits per heavy atom. The Balaban J connectivity index is 2.49. The van der Waals surface area contributed by atoms with Crippen molar-refractivity contribution in [2.24, 2.45) is 0 Å². The minimum Gasteiger partial charge on any atom is -0.444 e. The SMILES string of the molecule is Cc1cc(C=O)ccc1C=CCNC(=O)OC(C)(C)C. The Bertz CT molecular complexity index is 513. The maximum absolute atomic E-state index is 11.4. The second-order valence-electron chi connectivity index (χ2n) is 5.52. The standard InChI is InChI=1S/C16H21NO3/c1-12-10-13(11-18)7-8-14(12)6-5-9-17-15(19)20-16(2,3)4/h5-8,10-11H,9H2,1-4H3,(H,17,19). The molecule has 0 heterocycles. The highest BCUT2D eigenvalue weighted by Crippen LogP contribution is 2.11. The van der Waals surface area contributed by atoms with E-state index in [0.717, 1.165) is 17.4 Å². The molecule has 0 radical (unpaired) electrons. The van der Waals surface area contributed by atoms with Crippen molar-refractivity contribution in [3.8, 4) is 0 Å². The van der Waals surface area contributed by atoms with Crippen LogP contribution in [0.2, 0.25) is 0 Å². The molecule has 0 aliphatic rings. The number of carbonyl (C=O) groups is 2. The van der Waals surface area contributed by atoms with Crippen LogP contribution in [-0.2, 0) is 4.74 Å². The zero-order valence-electron chi connectivity index (χ0n) is 12.4. The lowest BCUT2D eigenvalue weighted by Crippen LogP contribution is -2.32. The summed E-state index contributed by atoms with van der Waals surface area (Å²) in [5.74, 6) is 0. The molecule has 1 rings (SSSR count). The molecule has 4 heteroatoms. The minimum atomic E-state index is -0.491. The molecule has 0 aromatic heterocycles. The van der Waals surface area contributed by atoms with Crippen LogP contribution in [0.5, 0.6) is 0 Å². The molecule has 0 spiro atoms. The van der Waals surface area contributed by atoms with Gasteiger partial charge in [0, 0.05) is 12.1 Å². The minimum absolute atomic E-state index is 0.393. The number of benzene rings is 1. The summed E-state index contributed by atoms with van der Waals surface area (Å²) in [6, 6.07) is 5.47. The lowest BCUT2D eigenvalue weighted by molar-refractivity contribution is 0.0534. The molecule has 20 heavy (non-hydrogen) atoms. The first kappa shape index (κ1) is 16.0. The third-order valence-electron chi connectivity index (χ3n) is 2.49. The molecule has 0 unspecified atom stereocenters. The lowest BCUT2D eigenvalue weighted by Gasteiger charge is -2.19. The second kappa shape index (κ2) is 6.89. The topological polar surface area (TPSA) is 55.4 Å². The summed E-state index contributed by atoms with van der Waals surface area (Å²) >= 11 is 0. The van der Waals surface area contributed by atoms with Crippen LogP contribution >= 0.6 is 0 Å². The lowest BCUT2D eigenvalue weighted by atomic mass is 10.1. The molecule has 0 bridgehead atoms. The van der Waals surface area contributed by atoms with Crippen LogP contribution in [0.15, 0.2) is 24.3 Å². The number of alkyl carbamates (subject to hydrolysis) is 1. The van der Waals surface area contributed by atoms with E-state index in [4.69, 9.17) is 4.74 Å². The van der Waals surface area contributed by atoms with Crippen molar-refractivity contribution in [3.05, 3.63) is 41.0 Å². The van der Waals surface area contributed by atoms with E-state index in [1.807, 2.05) is 52.0 Å². The van der Waals surface area contributed by atoms with Crippen LogP contribution in [0.1, 0.15) is 42.3 Å². The summed E-state index contributed by atoms with van der Waals surface area (Å²) in [5, 5.41) is 2.65. The molecule has 0 aliphatic carbocycles. The molecular weight excluding hydrogens is 254 g/mol. The number of aldehydes is 1. The van der Waals surface area contributed by atoms with E-state index in [1.165, 1.54) is 0 Å².